The van der Waals surface area contributed by atoms with Gasteiger partial charge in [-0.3, -0.25) is 4.90 Å². The second-order valence-electron chi connectivity index (χ2n) is 5.77. The van der Waals surface area contributed by atoms with E-state index in [1.54, 1.807) is 0 Å². The van der Waals surface area contributed by atoms with Crippen molar-refractivity contribution in [2.75, 3.05) is 26.2 Å². The lowest BCUT2D eigenvalue weighted by Gasteiger charge is -2.39. The lowest BCUT2D eigenvalue weighted by Crippen LogP contribution is -2.49. The third kappa shape index (κ3) is 3.55. The first-order valence-corrected chi connectivity index (χ1v) is 6.57. The van der Waals surface area contributed by atoms with Crippen molar-refractivity contribution in [3.63, 3.8) is 0 Å². The third-order valence-corrected chi connectivity index (χ3v) is 3.36. The molecule has 0 aliphatic carbocycles. The number of aryl methyl sites for hydroxylation is 1. The highest BCUT2D eigenvalue weighted by atomic mass is 16.5. The number of benzene rings is 1. The fraction of sp³-hybridized carbons (Fsp3) is 0.600. The predicted molar refractivity (Wildman–Crippen MR) is 72.6 cm³/mol. The molecule has 1 aliphatic rings. The molecule has 0 saturated carbocycles. The zero-order valence-corrected chi connectivity index (χ0v) is 11.5. The van der Waals surface area contributed by atoms with Gasteiger partial charge in [0, 0.05) is 19.6 Å². The fourth-order valence-corrected chi connectivity index (χ4v) is 2.50. The van der Waals surface area contributed by atoms with Crippen molar-refractivity contribution in [2.45, 2.75) is 32.5 Å². The number of hydrogen-bond acceptors (Lipinski definition) is 3. The molecule has 0 radical (unpaired) electrons. The molecule has 0 amide bonds. The monoisotopic (exact) mass is 249 g/mol. The van der Waals surface area contributed by atoms with Crippen LogP contribution in [-0.2, 0) is 4.74 Å². The van der Waals surface area contributed by atoms with Gasteiger partial charge < -0.3 is 9.84 Å². The van der Waals surface area contributed by atoms with Crippen LogP contribution in [0.15, 0.2) is 24.3 Å². The Morgan fingerprint density at radius 3 is 2.89 bits per heavy atom. The van der Waals surface area contributed by atoms with E-state index in [1.807, 2.05) is 25.1 Å². The smallest absolute Gasteiger partial charge is 0.0917 e. The van der Waals surface area contributed by atoms with E-state index in [-0.39, 0.29) is 5.60 Å². The fourth-order valence-electron chi connectivity index (χ4n) is 2.50. The maximum atomic E-state index is 10.3. The van der Waals surface area contributed by atoms with Crippen LogP contribution in [0, 0.1) is 6.92 Å². The topological polar surface area (TPSA) is 32.7 Å². The summed E-state index contributed by atoms with van der Waals surface area (Å²) in [5.74, 6) is 0. The summed E-state index contributed by atoms with van der Waals surface area (Å²) in [6.07, 6.45) is -0.418. The minimum Gasteiger partial charge on any atom is -0.387 e. The van der Waals surface area contributed by atoms with Crippen molar-refractivity contribution in [1.82, 2.24) is 4.90 Å². The average Bonchev–Trinajstić information content (AvgIpc) is 2.27. The zero-order valence-electron chi connectivity index (χ0n) is 11.5. The van der Waals surface area contributed by atoms with Crippen LogP contribution in [0.25, 0.3) is 0 Å². The van der Waals surface area contributed by atoms with Crippen LogP contribution < -0.4 is 0 Å². The number of aliphatic hydroxyl groups is 1. The molecule has 18 heavy (non-hydrogen) atoms. The first kappa shape index (κ1) is 13.5. The van der Waals surface area contributed by atoms with Crippen molar-refractivity contribution >= 4 is 0 Å². The molecule has 0 bridgehead atoms. The van der Waals surface area contributed by atoms with Crippen LogP contribution in [0.3, 0.4) is 0 Å². The molecule has 1 fully saturated rings. The van der Waals surface area contributed by atoms with Gasteiger partial charge in [0.15, 0.2) is 0 Å². The third-order valence-electron chi connectivity index (χ3n) is 3.36. The van der Waals surface area contributed by atoms with Crippen LogP contribution in [-0.4, -0.2) is 41.8 Å². The quantitative estimate of drug-likeness (QED) is 0.891. The van der Waals surface area contributed by atoms with Crippen LogP contribution in [0.1, 0.15) is 31.1 Å². The molecule has 2 rings (SSSR count). The molecule has 3 nitrogen and oxygen atoms in total. The molecule has 1 aromatic carbocycles. The summed E-state index contributed by atoms with van der Waals surface area (Å²) >= 11 is 0. The lowest BCUT2D eigenvalue weighted by atomic mass is 10.0. The molecule has 1 unspecified atom stereocenters. The minimum atomic E-state index is -0.418. The van der Waals surface area contributed by atoms with E-state index in [2.05, 4.69) is 24.8 Å². The number of hydrogen-bond donors (Lipinski definition) is 1. The van der Waals surface area contributed by atoms with Gasteiger partial charge in [0.2, 0.25) is 0 Å². The SMILES string of the molecule is Cc1cccc(C(O)CN2CCOC(C)(C)C2)c1. The average molecular weight is 249 g/mol. The molecule has 1 N–H and O–H groups in total. The molecule has 0 spiro atoms. The standard InChI is InChI=1S/C15H23NO2/c1-12-5-4-6-13(9-12)14(17)10-16-7-8-18-15(2,3)11-16/h4-6,9,14,17H,7-8,10-11H2,1-3H3. The Balaban J connectivity index is 1.97. The van der Waals surface area contributed by atoms with Gasteiger partial charge in [0.1, 0.15) is 0 Å². The Morgan fingerprint density at radius 2 is 2.22 bits per heavy atom. The normalized spacial score (nSPS) is 21.8. The van der Waals surface area contributed by atoms with Crippen molar-refractivity contribution in [3.05, 3.63) is 35.4 Å². The van der Waals surface area contributed by atoms with Crippen molar-refractivity contribution in [1.29, 1.82) is 0 Å². The van der Waals surface area contributed by atoms with Gasteiger partial charge in [-0.05, 0) is 26.3 Å². The summed E-state index contributed by atoms with van der Waals surface area (Å²) in [6.45, 7) is 9.43. The van der Waals surface area contributed by atoms with Gasteiger partial charge in [-0.2, -0.15) is 0 Å². The van der Waals surface area contributed by atoms with Gasteiger partial charge >= 0.3 is 0 Å². The Bertz CT molecular complexity index is 403. The minimum absolute atomic E-state index is 0.107. The summed E-state index contributed by atoms with van der Waals surface area (Å²) in [5.41, 5.74) is 2.08. The number of morpholine rings is 1. The van der Waals surface area contributed by atoms with Crippen molar-refractivity contribution < 1.29 is 9.84 Å². The van der Waals surface area contributed by atoms with E-state index in [9.17, 15) is 5.11 Å². The first-order valence-electron chi connectivity index (χ1n) is 6.57. The number of β-amino-alcohol motifs (C(OH)–C–C–N with tert-alkyl or cyclic N) is 1. The van der Waals surface area contributed by atoms with E-state index in [0.717, 1.165) is 25.3 Å². The summed E-state index contributed by atoms with van der Waals surface area (Å²) < 4.78 is 5.68. The first-order chi connectivity index (χ1) is 8.46. The molecule has 1 aliphatic heterocycles. The summed E-state index contributed by atoms with van der Waals surface area (Å²) in [6, 6.07) is 8.09. The maximum Gasteiger partial charge on any atom is 0.0917 e. The highest BCUT2D eigenvalue weighted by Gasteiger charge is 2.28. The summed E-state index contributed by atoms with van der Waals surface area (Å²) in [5, 5.41) is 10.3. The number of nitrogens with zero attached hydrogens (tertiary/aromatic N) is 1. The molecule has 0 aromatic heterocycles. The van der Waals surface area contributed by atoms with Crippen molar-refractivity contribution in [2.24, 2.45) is 0 Å². The Labute approximate surface area is 109 Å². The van der Waals surface area contributed by atoms with Crippen molar-refractivity contribution in [3.8, 4) is 0 Å². The van der Waals surface area contributed by atoms with Gasteiger partial charge in [0.25, 0.3) is 0 Å². The maximum absolute atomic E-state index is 10.3. The molecule has 100 valence electrons. The lowest BCUT2D eigenvalue weighted by molar-refractivity contribution is -0.0932. The van der Waals surface area contributed by atoms with E-state index in [0.29, 0.717) is 6.54 Å². The molecule has 3 heteroatoms. The van der Waals surface area contributed by atoms with Crippen LogP contribution in [0.5, 0.6) is 0 Å². The van der Waals surface area contributed by atoms with Gasteiger partial charge in [-0.1, -0.05) is 29.8 Å². The van der Waals surface area contributed by atoms with E-state index in [1.165, 1.54) is 5.56 Å². The number of ether oxygens (including phenoxy) is 1. The zero-order chi connectivity index (χ0) is 13.2. The molecule has 1 atom stereocenters. The largest absolute Gasteiger partial charge is 0.387 e. The van der Waals surface area contributed by atoms with Crippen LogP contribution in [0.2, 0.25) is 0 Å². The second kappa shape index (κ2) is 5.39. The van der Waals surface area contributed by atoms with Gasteiger partial charge in [0.05, 0.1) is 18.3 Å². The van der Waals surface area contributed by atoms with Crippen LogP contribution >= 0.6 is 0 Å². The van der Waals surface area contributed by atoms with Gasteiger partial charge in [-0.15, -0.1) is 0 Å². The van der Waals surface area contributed by atoms with E-state index < -0.39 is 6.10 Å². The molecule has 1 heterocycles. The second-order valence-corrected chi connectivity index (χ2v) is 5.77. The Kier molecular flexibility index (Phi) is 4.05. The number of rotatable bonds is 3. The highest BCUT2D eigenvalue weighted by molar-refractivity contribution is 5.24. The summed E-state index contributed by atoms with van der Waals surface area (Å²) in [7, 11) is 0. The van der Waals surface area contributed by atoms with E-state index >= 15 is 0 Å². The summed E-state index contributed by atoms with van der Waals surface area (Å²) in [4.78, 5) is 2.27. The van der Waals surface area contributed by atoms with Gasteiger partial charge in [-0.25, -0.2) is 0 Å². The molecule has 1 aromatic rings. The van der Waals surface area contributed by atoms with E-state index in [4.69, 9.17) is 4.74 Å². The molecule has 1 saturated heterocycles. The Morgan fingerprint density at radius 1 is 1.44 bits per heavy atom. The number of aliphatic hydroxyl groups excluding tert-OH is 1. The predicted octanol–water partition coefficient (Wildman–Crippen LogP) is 2.14. The molecular weight excluding hydrogens is 226 g/mol. The highest BCUT2D eigenvalue weighted by Crippen LogP contribution is 2.20. The Hall–Kier alpha value is -0.900. The molecular formula is C15H23NO2. The van der Waals surface area contributed by atoms with Crippen LogP contribution in [0.4, 0.5) is 0 Å².